The van der Waals surface area contributed by atoms with Crippen molar-refractivity contribution in [3.63, 3.8) is 0 Å². The zero-order valence-electron chi connectivity index (χ0n) is 9.48. The van der Waals surface area contributed by atoms with Crippen molar-refractivity contribution in [1.82, 2.24) is 4.89 Å². The van der Waals surface area contributed by atoms with Crippen molar-refractivity contribution in [2.75, 3.05) is 21.3 Å². The Kier molecular flexibility index (Phi) is 4.75. The molecule has 0 radical (unpaired) electrons. The van der Waals surface area contributed by atoms with Crippen LogP contribution in [0.15, 0.2) is 21.5 Å². The average molecular weight is 326 g/mol. The number of nitrogens with one attached hydrogen (secondary N) is 1. The van der Waals surface area contributed by atoms with E-state index in [4.69, 9.17) is 9.47 Å². The lowest BCUT2D eigenvalue weighted by Crippen LogP contribution is -2.22. The summed E-state index contributed by atoms with van der Waals surface area (Å²) in [6.45, 7) is 0. The first-order valence-corrected chi connectivity index (χ1v) is 6.70. The number of sulfonamides is 1. The summed E-state index contributed by atoms with van der Waals surface area (Å²) in [6.07, 6.45) is 0. The predicted molar refractivity (Wildman–Crippen MR) is 64.6 cm³/mol. The molecule has 17 heavy (non-hydrogen) atoms. The lowest BCUT2D eigenvalue weighted by molar-refractivity contribution is 0.153. The molecule has 0 aliphatic rings. The Balaban J connectivity index is 3.36. The van der Waals surface area contributed by atoms with Crippen LogP contribution < -0.4 is 14.4 Å². The molecule has 0 unspecified atom stereocenters. The zero-order valence-corrected chi connectivity index (χ0v) is 11.9. The van der Waals surface area contributed by atoms with Crippen molar-refractivity contribution >= 4 is 26.0 Å². The molecule has 0 spiro atoms. The lowest BCUT2D eigenvalue weighted by Gasteiger charge is -2.12. The van der Waals surface area contributed by atoms with Crippen molar-refractivity contribution in [3.05, 3.63) is 16.6 Å². The second-order valence-corrected chi connectivity index (χ2v) is 5.40. The van der Waals surface area contributed by atoms with Gasteiger partial charge in [0.2, 0.25) is 0 Å². The number of hydrogen-bond donors (Lipinski definition) is 1. The van der Waals surface area contributed by atoms with Gasteiger partial charge in [0, 0.05) is 10.5 Å². The maximum absolute atomic E-state index is 11.8. The van der Waals surface area contributed by atoms with E-state index >= 15 is 0 Å². The van der Waals surface area contributed by atoms with Crippen LogP contribution in [0.3, 0.4) is 0 Å². The molecule has 1 aromatic rings. The molecule has 1 aromatic carbocycles. The molecular formula is C9H12BrNO5S. The highest BCUT2D eigenvalue weighted by Crippen LogP contribution is 2.35. The van der Waals surface area contributed by atoms with Crippen molar-refractivity contribution in [2.24, 2.45) is 0 Å². The molecule has 0 fully saturated rings. The summed E-state index contributed by atoms with van der Waals surface area (Å²) >= 11 is 3.15. The standard InChI is InChI=1S/C9H12BrNO5S/c1-14-7-4-6(10)9(5-8(7)15-2)17(12,13)11-16-3/h4-5,11H,1-3H3. The first kappa shape index (κ1) is 14.2. The van der Waals surface area contributed by atoms with Crippen LogP contribution in [-0.4, -0.2) is 29.7 Å². The Morgan fingerprint density at radius 2 is 1.65 bits per heavy atom. The summed E-state index contributed by atoms with van der Waals surface area (Å²) in [4.78, 5) is 6.33. The summed E-state index contributed by atoms with van der Waals surface area (Å²) < 4.78 is 33.9. The maximum atomic E-state index is 11.8. The minimum Gasteiger partial charge on any atom is -0.493 e. The van der Waals surface area contributed by atoms with E-state index in [0.717, 1.165) is 0 Å². The number of rotatable bonds is 5. The average Bonchev–Trinajstić information content (AvgIpc) is 2.28. The third-order valence-corrected chi connectivity index (χ3v) is 4.14. The molecule has 1 N–H and O–H groups in total. The van der Waals surface area contributed by atoms with Gasteiger partial charge in [0.25, 0.3) is 10.0 Å². The molecular weight excluding hydrogens is 314 g/mol. The highest BCUT2D eigenvalue weighted by molar-refractivity contribution is 9.10. The summed E-state index contributed by atoms with van der Waals surface area (Å²) in [7, 11) is 0.348. The van der Waals surface area contributed by atoms with Crippen LogP contribution in [0.25, 0.3) is 0 Å². The van der Waals surface area contributed by atoms with Crippen LogP contribution >= 0.6 is 15.9 Å². The van der Waals surface area contributed by atoms with E-state index in [2.05, 4.69) is 20.8 Å². The van der Waals surface area contributed by atoms with Gasteiger partial charge < -0.3 is 9.47 Å². The van der Waals surface area contributed by atoms with E-state index in [1.54, 1.807) is 0 Å². The van der Waals surface area contributed by atoms with Crippen molar-refractivity contribution < 1.29 is 22.7 Å². The van der Waals surface area contributed by atoms with Crippen molar-refractivity contribution in [3.8, 4) is 11.5 Å². The minimum atomic E-state index is -3.75. The summed E-state index contributed by atoms with van der Waals surface area (Å²) in [5.74, 6) is 0.739. The van der Waals surface area contributed by atoms with E-state index in [0.29, 0.717) is 16.0 Å². The number of ether oxygens (including phenoxy) is 2. The molecule has 0 atom stereocenters. The number of halogens is 1. The highest BCUT2D eigenvalue weighted by atomic mass is 79.9. The zero-order chi connectivity index (χ0) is 13.1. The Bertz CT molecular complexity index is 502. The second kappa shape index (κ2) is 5.67. The number of benzene rings is 1. The molecule has 0 saturated carbocycles. The predicted octanol–water partition coefficient (Wildman–Crippen LogP) is 1.31. The van der Waals surface area contributed by atoms with E-state index < -0.39 is 10.0 Å². The summed E-state index contributed by atoms with van der Waals surface area (Å²) in [5, 5.41) is 0. The van der Waals surface area contributed by atoms with E-state index in [1.807, 2.05) is 4.89 Å². The normalized spacial score (nSPS) is 11.3. The lowest BCUT2D eigenvalue weighted by atomic mass is 10.3. The van der Waals surface area contributed by atoms with Gasteiger partial charge in [-0.3, -0.25) is 4.84 Å². The van der Waals surface area contributed by atoms with Crippen LogP contribution in [0.1, 0.15) is 0 Å². The third kappa shape index (κ3) is 3.09. The molecule has 0 aromatic heterocycles. The molecule has 0 heterocycles. The van der Waals surface area contributed by atoms with Gasteiger partial charge in [-0.15, -0.1) is 0 Å². The van der Waals surface area contributed by atoms with Gasteiger partial charge in [-0.1, -0.05) is 4.89 Å². The topological polar surface area (TPSA) is 73.9 Å². The quantitative estimate of drug-likeness (QED) is 0.826. The fraction of sp³-hybridized carbons (Fsp3) is 0.333. The van der Waals surface area contributed by atoms with Gasteiger partial charge >= 0.3 is 0 Å². The van der Waals surface area contributed by atoms with Crippen LogP contribution in [-0.2, 0) is 14.9 Å². The summed E-state index contributed by atoms with van der Waals surface area (Å²) in [5.41, 5.74) is 0. The summed E-state index contributed by atoms with van der Waals surface area (Å²) in [6, 6.07) is 2.84. The SMILES string of the molecule is CONS(=O)(=O)c1cc(OC)c(OC)cc1Br. The molecule has 6 nitrogen and oxygen atoms in total. The highest BCUT2D eigenvalue weighted by Gasteiger charge is 2.20. The van der Waals surface area contributed by atoms with Crippen molar-refractivity contribution in [2.45, 2.75) is 4.90 Å². The second-order valence-electron chi connectivity index (χ2n) is 2.93. The molecule has 0 aliphatic carbocycles. The van der Waals surface area contributed by atoms with Gasteiger partial charge in [0.05, 0.1) is 21.3 Å². The van der Waals surface area contributed by atoms with Gasteiger partial charge in [-0.25, -0.2) is 8.42 Å². The van der Waals surface area contributed by atoms with Crippen LogP contribution in [0, 0.1) is 0 Å². The molecule has 1 rings (SSSR count). The Morgan fingerprint density at radius 1 is 1.12 bits per heavy atom. The molecule has 0 saturated heterocycles. The van der Waals surface area contributed by atoms with E-state index in [-0.39, 0.29) is 4.90 Å². The third-order valence-electron chi connectivity index (χ3n) is 1.92. The first-order chi connectivity index (χ1) is 7.96. The van der Waals surface area contributed by atoms with Gasteiger partial charge in [0.1, 0.15) is 4.90 Å². The Morgan fingerprint density at radius 3 is 2.12 bits per heavy atom. The molecule has 96 valence electrons. The Labute approximate surface area is 108 Å². The molecule has 0 bridgehead atoms. The Hall–Kier alpha value is -0.830. The van der Waals surface area contributed by atoms with Gasteiger partial charge in [-0.05, 0) is 22.0 Å². The van der Waals surface area contributed by atoms with Crippen LogP contribution in [0.2, 0.25) is 0 Å². The fourth-order valence-electron chi connectivity index (χ4n) is 1.20. The molecule has 8 heteroatoms. The largest absolute Gasteiger partial charge is 0.493 e. The van der Waals surface area contributed by atoms with Crippen molar-refractivity contribution in [1.29, 1.82) is 0 Å². The van der Waals surface area contributed by atoms with Crippen LogP contribution in [0.5, 0.6) is 11.5 Å². The van der Waals surface area contributed by atoms with E-state index in [1.165, 1.54) is 33.5 Å². The van der Waals surface area contributed by atoms with Crippen LogP contribution in [0.4, 0.5) is 0 Å². The first-order valence-electron chi connectivity index (χ1n) is 4.42. The van der Waals surface area contributed by atoms with Gasteiger partial charge in [0.15, 0.2) is 11.5 Å². The smallest absolute Gasteiger partial charge is 0.263 e. The molecule has 0 aliphatic heterocycles. The fourth-order valence-corrected chi connectivity index (χ4v) is 3.04. The van der Waals surface area contributed by atoms with Gasteiger partial charge in [-0.2, -0.15) is 0 Å². The molecule has 0 amide bonds. The monoisotopic (exact) mass is 325 g/mol. The van der Waals surface area contributed by atoms with E-state index in [9.17, 15) is 8.42 Å². The number of hydrogen-bond acceptors (Lipinski definition) is 5. The number of methoxy groups -OCH3 is 2. The minimum absolute atomic E-state index is 0.00278. The maximum Gasteiger partial charge on any atom is 0.263 e.